The second-order valence-electron chi connectivity index (χ2n) is 4.25. The van der Waals surface area contributed by atoms with Crippen LogP contribution < -0.4 is 9.80 Å². The van der Waals surface area contributed by atoms with E-state index < -0.39 is 0 Å². The Hall–Kier alpha value is -1.26. The Morgan fingerprint density at radius 2 is 1.72 bits per heavy atom. The molecule has 0 spiro atoms. The molecule has 0 unspecified atom stereocenters. The van der Waals surface area contributed by atoms with E-state index in [1.807, 2.05) is 12.1 Å². The molecule has 1 fully saturated rings. The number of halogens is 1. The van der Waals surface area contributed by atoms with E-state index in [0.717, 1.165) is 37.0 Å². The summed E-state index contributed by atoms with van der Waals surface area (Å²) in [4.78, 5) is 8.92. The van der Waals surface area contributed by atoms with Gasteiger partial charge in [-0.25, -0.2) is 4.98 Å². The third-order valence-corrected chi connectivity index (χ3v) is 3.95. The fourth-order valence-corrected chi connectivity index (χ4v) is 2.80. The van der Waals surface area contributed by atoms with E-state index in [9.17, 15) is 0 Å². The molecule has 0 amide bonds. The second kappa shape index (κ2) is 5.16. The molecule has 0 N–H and O–H groups in total. The number of nitrogens with zero attached hydrogens (tertiary/aromatic N) is 3. The molecule has 1 saturated heterocycles. The van der Waals surface area contributed by atoms with Crippen LogP contribution in [0.2, 0.25) is 5.02 Å². The number of hydrogen-bond donors (Lipinski definition) is 0. The molecule has 3 rings (SSSR count). The minimum absolute atomic E-state index is 0.787. The van der Waals surface area contributed by atoms with Gasteiger partial charge in [-0.1, -0.05) is 11.6 Å². The molecule has 2 aromatic rings. The maximum Gasteiger partial charge on any atom is 0.154 e. The summed E-state index contributed by atoms with van der Waals surface area (Å²) >= 11 is 7.43. The van der Waals surface area contributed by atoms with Crippen molar-refractivity contribution in [1.29, 1.82) is 0 Å². The standard InChI is InChI=1S/C13H13ClN3S/c14-11-1-3-12(4-2-11)16-5-7-17(8-6-16)13-9-18-10-15-13/h1-4,9H,5-8H2. The second-order valence-corrected chi connectivity index (χ2v) is 5.34. The van der Waals surface area contributed by atoms with Gasteiger partial charge in [-0.15, -0.1) is 11.3 Å². The molecule has 2 heterocycles. The minimum atomic E-state index is 0.787. The monoisotopic (exact) mass is 278 g/mol. The van der Waals surface area contributed by atoms with E-state index in [4.69, 9.17) is 11.6 Å². The van der Waals surface area contributed by atoms with Crippen molar-refractivity contribution < 1.29 is 0 Å². The van der Waals surface area contributed by atoms with E-state index in [0.29, 0.717) is 0 Å². The Kier molecular flexibility index (Phi) is 3.39. The maximum atomic E-state index is 5.90. The predicted molar refractivity (Wildman–Crippen MR) is 76.8 cm³/mol. The van der Waals surface area contributed by atoms with Crippen LogP contribution in [0.15, 0.2) is 29.6 Å². The number of aromatic nitrogens is 1. The van der Waals surface area contributed by atoms with Crippen LogP contribution in [0.1, 0.15) is 0 Å². The summed E-state index contributed by atoms with van der Waals surface area (Å²) in [7, 11) is 0. The number of rotatable bonds is 2. The summed E-state index contributed by atoms with van der Waals surface area (Å²) in [5.74, 6) is 1.05. The van der Waals surface area contributed by atoms with Gasteiger partial charge in [0.05, 0.1) is 0 Å². The first-order valence-corrected chi connectivity index (χ1v) is 7.16. The Morgan fingerprint density at radius 3 is 2.33 bits per heavy atom. The average Bonchev–Trinajstić information content (AvgIpc) is 2.94. The summed E-state index contributed by atoms with van der Waals surface area (Å²) in [5, 5.41) is 2.84. The lowest BCUT2D eigenvalue weighted by molar-refractivity contribution is 0.649. The van der Waals surface area contributed by atoms with Crippen LogP contribution in [0.5, 0.6) is 0 Å². The molecule has 0 bridgehead atoms. The lowest BCUT2D eigenvalue weighted by Crippen LogP contribution is -2.46. The molecular formula is C13H13ClN3S. The zero-order valence-electron chi connectivity index (χ0n) is 9.84. The Bertz CT molecular complexity index is 489. The molecule has 1 radical (unpaired) electrons. The minimum Gasteiger partial charge on any atom is -0.368 e. The van der Waals surface area contributed by atoms with E-state index in [1.165, 1.54) is 17.0 Å². The number of piperazine rings is 1. The highest BCUT2D eigenvalue weighted by Crippen LogP contribution is 2.21. The van der Waals surface area contributed by atoms with E-state index in [-0.39, 0.29) is 0 Å². The highest BCUT2D eigenvalue weighted by Gasteiger charge is 2.18. The lowest BCUT2D eigenvalue weighted by atomic mass is 10.2. The highest BCUT2D eigenvalue weighted by atomic mass is 35.5. The summed E-state index contributed by atoms with van der Waals surface area (Å²) in [6.45, 7) is 4.03. The van der Waals surface area contributed by atoms with E-state index >= 15 is 0 Å². The zero-order chi connectivity index (χ0) is 12.4. The number of thiazole rings is 1. The fourth-order valence-electron chi connectivity index (χ4n) is 2.17. The molecule has 5 heteroatoms. The van der Waals surface area contributed by atoms with Gasteiger partial charge in [-0.2, -0.15) is 0 Å². The van der Waals surface area contributed by atoms with Gasteiger partial charge in [0.15, 0.2) is 5.51 Å². The fraction of sp³-hybridized carbons (Fsp3) is 0.308. The molecular weight excluding hydrogens is 266 g/mol. The molecule has 1 aliphatic heterocycles. The van der Waals surface area contributed by atoms with Crippen molar-refractivity contribution in [2.45, 2.75) is 0 Å². The first-order valence-electron chi connectivity index (χ1n) is 5.90. The average molecular weight is 279 g/mol. The van der Waals surface area contributed by atoms with Gasteiger partial charge < -0.3 is 9.80 Å². The molecule has 1 aromatic heterocycles. The molecule has 1 aliphatic rings. The molecule has 1 aromatic carbocycles. The smallest absolute Gasteiger partial charge is 0.154 e. The summed E-state index contributed by atoms with van der Waals surface area (Å²) in [5.41, 5.74) is 4.14. The van der Waals surface area contributed by atoms with Gasteiger partial charge in [-0.3, -0.25) is 0 Å². The Balaban J connectivity index is 1.65. The van der Waals surface area contributed by atoms with Crippen LogP contribution >= 0.6 is 22.9 Å². The Morgan fingerprint density at radius 1 is 1.06 bits per heavy atom. The van der Waals surface area contributed by atoms with Gasteiger partial charge in [0.1, 0.15) is 5.82 Å². The van der Waals surface area contributed by atoms with Crippen molar-refractivity contribution in [3.8, 4) is 0 Å². The summed E-state index contributed by atoms with van der Waals surface area (Å²) in [6, 6.07) is 8.04. The van der Waals surface area contributed by atoms with Crippen molar-refractivity contribution in [3.63, 3.8) is 0 Å². The molecule has 0 aliphatic carbocycles. The molecule has 3 nitrogen and oxygen atoms in total. The van der Waals surface area contributed by atoms with Gasteiger partial charge in [0.25, 0.3) is 0 Å². The van der Waals surface area contributed by atoms with Crippen LogP contribution in [-0.2, 0) is 0 Å². The van der Waals surface area contributed by atoms with Crippen LogP contribution in [0, 0.1) is 5.51 Å². The number of hydrogen-bond acceptors (Lipinski definition) is 4. The van der Waals surface area contributed by atoms with Gasteiger partial charge in [-0.05, 0) is 24.3 Å². The SMILES string of the molecule is Clc1ccc(N2CCN(c3cs[c]n3)CC2)cc1. The van der Waals surface area contributed by atoms with Gasteiger partial charge in [0.2, 0.25) is 0 Å². The lowest BCUT2D eigenvalue weighted by Gasteiger charge is -2.36. The number of benzene rings is 1. The zero-order valence-corrected chi connectivity index (χ0v) is 11.4. The quantitative estimate of drug-likeness (QED) is 0.842. The van der Waals surface area contributed by atoms with Crippen molar-refractivity contribution in [2.75, 3.05) is 36.0 Å². The molecule has 18 heavy (non-hydrogen) atoms. The predicted octanol–water partition coefficient (Wildman–Crippen LogP) is 2.92. The van der Waals surface area contributed by atoms with Crippen LogP contribution in [0.4, 0.5) is 11.5 Å². The Labute approximate surface area is 116 Å². The van der Waals surface area contributed by atoms with Crippen LogP contribution in [-0.4, -0.2) is 31.2 Å². The van der Waals surface area contributed by atoms with Gasteiger partial charge >= 0.3 is 0 Å². The van der Waals surface area contributed by atoms with Crippen molar-refractivity contribution in [3.05, 3.63) is 40.2 Å². The van der Waals surface area contributed by atoms with E-state index in [1.54, 1.807) is 0 Å². The molecule has 0 saturated carbocycles. The molecule has 93 valence electrons. The summed E-state index contributed by atoms with van der Waals surface area (Å²) < 4.78 is 0. The first-order chi connectivity index (χ1) is 8.83. The van der Waals surface area contributed by atoms with Crippen LogP contribution in [0.25, 0.3) is 0 Å². The van der Waals surface area contributed by atoms with Crippen molar-refractivity contribution in [1.82, 2.24) is 4.98 Å². The number of anilines is 2. The summed E-state index contributed by atoms with van der Waals surface area (Å²) in [6.07, 6.45) is 0. The van der Waals surface area contributed by atoms with Crippen molar-refractivity contribution in [2.24, 2.45) is 0 Å². The largest absolute Gasteiger partial charge is 0.368 e. The third-order valence-electron chi connectivity index (χ3n) is 3.17. The van der Waals surface area contributed by atoms with Crippen LogP contribution in [0.3, 0.4) is 0 Å². The topological polar surface area (TPSA) is 19.4 Å². The normalized spacial score (nSPS) is 16.1. The first kappa shape index (κ1) is 11.8. The van der Waals surface area contributed by atoms with Gasteiger partial charge in [0, 0.05) is 42.3 Å². The molecule has 0 atom stereocenters. The third kappa shape index (κ3) is 2.44. The van der Waals surface area contributed by atoms with Crippen molar-refractivity contribution >= 4 is 34.4 Å². The van der Waals surface area contributed by atoms with E-state index in [2.05, 4.69) is 37.8 Å². The maximum absolute atomic E-state index is 5.90. The highest BCUT2D eigenvalue weighted by molar-refractivity contribution is 7.07.